The summed E-state index contributed by atoms with van der Waals surface area (Å²) < 4.78 is 1.24. The van der Waals surface area contributed by atoms with Gasteiger partial charge in [-0.05, 0) is 23.8 Å². The minimum absolute atomic E-state index is 0.0547. The van der Waals surface area contributed by atoms with Crippen molar-refractivity contribution in [3.63, 3.8) is 0 Å². The Morgan fingerprint density at radius 1 is 0.968 bits per heavy atom. The highest BCUT2D eigenvalue weighted by atomic mass is 16.2. The van der Waals surface area contributed by atoms with E-state index in [1.54, 1.807) is 18.5 Å². The van der Waals surface area contributed by atoms with Crippen LogP contribution < -0.4 is 5.56 Å². The molecule has 158 valence electrons. The molecule has 0 radical (unpaired) electrons. The van der Waals surface area contributed by atoms with Gasteiger partial charge in [0, 0.05) is 56.7 Å². The van der Waals surface area contributed by atoms with Gasteiger partial charge < -0.3 is 4.90 Å². The summed E-state index contributed by atoms with van der Waals surface area (Å²) in [5.41, 5.74) is 2.32. The van der Waals surface area contributed by atoms with Gasteiger partial charge in [-0.1, -0.05) is 42.5 Å². The SMILES string of the molecule is O=C(Cn1nc(-c2cccnc2)ccc1=O)N1CCN(C/C=C/c2ccccc2)CC1. The molecule has 1 fully saturated rings. The molecule has 31 heavy (non-hydrogen) atoms. The molecule has 0 unspecified atom stereocenters. The first-order valence-electron chi connectivity index (χ1n) is 10.4. The minimum atomic E-state index is -0.286. The molecule has 4 rings (SSSR count). The van der Waals surface area contributed by atoms with Crippen molar-refractivity contribution in [2.75, 3.05) is 32.7 Å². The van der Waals surface area contributed by atoms with Crippen molar-refractivity contribution in [2.45, 2.75) is 6.54 Å². The first-order valence-corrected chi connectivity index (χ1v) is 10.4. The van der Waals surface area contributed by atoms with Crippen molar-refractivity contribution in [1.82, 2.24) is 24.6 Å². The summed E-state index contributed by atoms with van der Waals surface area (Å²) in [6, 6.07) is 17.0. The fourth-order valence-electron chi connectivity index (χ4n) is 3.54. The Morgan fingerprint density at radius 3 is 2.52 bits per heavy atom. The van der Waals surface area contributed by atoms with Gasteiger partial charge in [0.25, 0.3) is 5.56 Å². The second-order valence-electron chi connectivity index (χ2n) is 7.45. The van der Waals surface area contributed by atoms with E-state index < -0.39 is 0 Å². The van der Waals surface area contributed by atoms with Gasteiger partial charge >= 0.3 is 0 Å². The molecule has 1 saturated heterocycles. The van der Waals surface area contributed by atoms with Gasteiger partial charge in [-0.3, -0.25) is 19.5 Å². The van der Waals surface area contributed by atoms with Crippen molar-refractivity contribution < 1.29 is 4.79 Å². The molecular weight excluding hydrogens is 390 g/mol. The molecule has 7 nitrogen and oxygen atoms in total. The summed E-state index contributed by atoms with van der Waals surface area (Å²) in [6.07, 6.45) is 7.63. The van der Waals surface area contributed by atoms with Crippen LogP contribution in [0.4, 0.5) is 0 Å². The molecule has 3 aromatic rings. The molecule has 0 bridgehead atoms. The Morgan fingerprint density at radius 2 is 1.77 bits per heavy atom. The summed E-state index contributed by atoms with van der Waals surface area (Å²) >= 11 is 0. The smallest absolute Gasteiger partial charge is 0.267 e. The number of benzene rings is 1. The number of carbonyl (C=O) groups excluding carboxylic acids is 1. The molecule has 0 saturated carbocycles. The number of nitrogens with zero attached hydrogens (tertiary/aromatic N) is 5. The van der Waals surface area contributed by atoms with Crippen molar-refractivity contribution in [3.05, 3.63) is 89.0 Å². The maximum atomic E-state index is 12.8. The Labute approximate surface area is 181 Å². The fourth-order valence-corrected chi connectivity index (χ4v) is 3.54. The number of hydrogen-bond donors (Lipinski definition) is 0. The number of aromatic nitrogens is 3. The molecular formula is C24H25N5O2. The molecule has 1 amide bonds. The van der Waals surface area contributed by atoms with E-state index in [9.17, 15) is 9.59 Å². The molecule has 3 heterocycles. The topological polar surface area (TPSA) is 71.3 Å². The van der Waals surface area contributed by atoms with E-state index in [0.29, 0.717) is 18.8 Å². The van der Waals surface area contributed by atoms with E-state index >= 15 is 0 Å². The van der Waals surface area contributed by atoms with Gasteiger partial charge in [0.05, 0.1) is 5.69 Å². The van der Waals surface area contributed by atoms with Crippen LogP contribution in [0.2, 0.25) is 0 Å². The lowest BCUT2D eigenvalue weighted by Gasteiger charge is -2.34. The lowest BCUT2D eigenvalue weighted by molar-refractivity contribution is -0.133. The van der Waals surface area contributed by atoms with Crippen LogP contribution in [-0.2, 0) is 11.3 Å². The quantitative estimate of drug-likeness (QED) is 0.617. The van der Waals surface area contributed by atoms with Gasteiger partial charge in [0.15, 0.2) is 0 Å². The van der Waals surface area contributed by atoms with Gasteiger partial charge in [-0.25, -0.2) is 4.68 Å². The van der Waals surface area contributed by atoms with Crippen LogP contribution in [0.3, 0.4) is 0 Å². The van der Waals surface area contributed by atoms with Crippen molar-refractivity contribution >= 4 is 12.0 Å². The van der Waals surface area contributed by atoms with E-state index in [2.05, 4.69) is 39.3 Å². The van der Waals surface area contributed by atoms with Crippen LogP contribution in [-0.4, -0.2) is 63.2 Å². The minimum Gasteiger partial charge on any atom is -0.339 e. The third kappa shape index (κ3) is 5.52. The standard InChI is InChI=1S/C24H25N5O2/c30-23-11-10-22(21-9-4-12-25-18-21)26-29(23)19-24(31)28-16-14-27(15-17-28)13-5-8-20-6-2-1-3-7-20/h1-12,18H,13-17,19H2/b8-5+. The van der Waals surface area contributed by atoms with Crippen LogP contribution in [0.15, 0.2) is 77.9 Å². The van der Waals surface area contributed by atoms with Crippen LogP contribution in [0, 0.1) is 0 Å². The Kier molecular flexibility index (Phi) is 6.64. The predicted molar refractivity (Wildman–Crippen MR) is 120 cm³/mol. The first kappa shape index (κ1) is 20.7. The number of rotatable bonds is 6. The van der Waals surface area contributed by atoms with Crippen LogP contribution in [0.5, 0.6) is 0 Å². The van der Waals surface area contributed by atoms with Crippen LogP contribution in [0.25, 0.3) is 17.3 Å². The zero-order valence-corrected chi connectivity index (χ0v) is 17.3. The fraction of sp³-hybridized carbons (Fsp3) is 0.250. The maximum absolute atomic E-state index is 12.8. The summed E-state index contributed by atoms with van der Waals surface area (Å²) in [7, 11) is 0. The Bertz CT molecular complexity index is 1090. The third-order valence-corrected chi connectivity index (χ3v) is 5.31. The summed E-state index contributed by atoms with van der Waals surface area (Å²) in [5.74, 6) is -0.0857. The van der Waals surface area contributed by atoms with E-state index in [4.69, 9.17) is 0 Å². The van der Waals surface area contributed by atoms with Gasteiger partial charge in [0.1, 0.15) is 6.54 Å². The number of carbonyl (C=O) groups is 1. The number of hydrogen-bond acceptors (Lipinski definition) is 5. The second kappa shape index (κ2) is 9.95. The lowest BCUT2D eigenvalue weighted by Crippen LogP contribution is -2.50. The average molecular weight is 415 g/mol. The van der Waals surface area contributed by atoms with Gasteiger partial charge in [0.2, 0.25) is 5.91 Å². The van der Waals surface area contributed by atoms with Crippen molar-refractivity contribution in [1.29, 1.82) is 0 Å². The van der Waals surface area contributed by atoms with Crippen molar-refractivity contribution in [3.8, 4) is 11.3 Å². The van der Waals surface area contributed by atoms with Crippen LogP contribution >= 0.6 is 0 Å². The maximum Gasteiger partial charge on any atom is 0.267 e. The molecule has 0 atom stereocenters. The molecule has 1 aromatic carbocycles. The van der Waals surface area contributed by atoms with Gasteiger partial charge in [-0.2, -0.15) is 5.10 Å². The first-order chi connectivity index (χ1) is 15.2. The summed E-state index contributed by atoms with van der Waals surface area (Å²) in [4.78, 5) is 33.2. The van der Waals surface area contributed by atoms with Gasteiger partial charge in [-0.15, -0.1) is 0 Å². The van der Waals surface area contributed by atoms with E-state index in [0.717, 1.165) is 25.2 Å². The summed E-state index contributed by atoms with van der Waals surface area (Å²) in [6.45, 7) is 3.71. The highest BCUT2D eigenvalue weighted by Crippen LogP contribution is 2.13. The Hall–Kier alpha value is -3.58. The zero-order valence-electron chi connectivity index (χ0n) is 17.3. The monoisotopic (exact) mass is 415 g/mol. The van der Waals surface area contributed by atoms with E-state index in [1.165, 1.54) is 16.3 Å². The largest absolute Gasteiger partial charge is 0.339 e. The third-order valence-electron chi connectivity index (χ3n) is 5.31. The van der Waals surface area contributed by atoms with E-state index in [1.807, 2.05) is 35.2 Å². The van der Waals surface area contributed by atoms with Crippen LogP contribution in [0.1, 0.15) is 5.56 Å². The molecule has 0 aliphatic carbocycles. The Balaban J connectivity index is 1.31. The predicted octanol–water partition coefficient (Wildman–Crippen LogP) is 2.16. The second-order valence-corrected chi connectivity index (χ2v) is 7.45. The molecule has 0 spiro atoms. The molecule has 2 aromatic heterocycles. The number of amides is 1. The molecule has 7 heteroatoms. The van der Waals surface area contributed by atoms with E-state index in [-0.39, 0.29) is 18.0 Å². The summed E-state index contributed by atoms with van der Waals surface area (Å²) in [5, 5.41) is 4.36. The highest BCUT2D eigenvalue weighted by molar-refractivity contribution is 5.76. The zero-order chi connectivity index (χ0) is 21.5. The average Bonchev–Trinajstić information content (AvgIpc) is 2.82. The normalized spacial score (nSPS) is 14.8. The number of piperazine rings is 1. The molecule has 0 N–H and O–H groups in total. The molecule has 1 aliphatic rings. The number of pyridine rings is 1. The van der Waals surface area contributed by atoms with Crippen molar-refractivity contribution in [2.24, 2.45) is 0 Å². The lowest BCUT2D eigenvalue weighted by atomic mass is 10.2. The highest BCUT2D eigenvalue weighted by Gasteiger charge is 2.21. The molecule has 1 aliphatic heterocycles.